The van der Waals surface area contributed by atoms with Crippen molar-refractivity contribution in [3.63, 3.8) is 0 Å². The zero-order valence-corrected chi connectivity index (χ0v) is 11.5. The first-order valence-corrected chi connectivity index (χ1v) is 7.95. The lowest BCUT2D eigenvalue weighted by atomic mass is 10.1. The van der Waals surface area contributed by atoms with Crippen LogP contribution in [0.4, 0.5) is 5.69 Å². The van der Waals surface area contributed by atoms with Crippen LogP contribution in [-0.4, -0.2) is 31.9 Å². The molecule has 6 nitrogen and oxygen atoms in total. The lowest BCUT2D eigenvalue weighted by Crippen LogP contribution is -2.32. The number of amides is 1. The molecular formula is C13H14N2O4S. The van der Waals surface area contributed by atoms with Crippen molar-refractivity contribution in [3.05, 3.63) is 29.3 Å². The maximum Gasteiger partial charge on any atom is 0.228 e. The summed E-state index contributed by atoms with van der Waals surface area (Å²) in [5.41, 5.74) is 2.18. The summed E-state index contributed by atoms with van der Waals surface area (Å²) in [6, 6.07) is 5.25. The highest BCUT2D eigenvalue weighted by Crippen LogP contribution is 2.30. The molecule has 0 bridgehead atoms. The van der Waals surface area contributed by atoms with Crippen molar-refractivity contribution in [1.29, 1.82) is 0 Å². The molecule has 0 saturated carbocycles. The highest BCUT2D eigenvalue weighted by atomic mass is 32.2. The van der Waals surface area contributed by atoms with Gasteiger partial charge in [-0.05, 0) is 24.1 Å². The van der Waals surface area contributed by atoms with Gasteiger partial charge in [0, 0.05) is 30.6 Å². The molecule has 1 aliphatic heterocycles. The van der Waals surface area contributed by atoms with E-state index in [1.807, 2.05) is 6.07 Å². The quantitative estimate of drug-likeness (QED) is 0.843. The molecule has 3 rings (SSSR count). The second-order valence-corrected chi connectivity index (χ2v) is 7.03. The average molecular weight is 294 g/mol. The van der Waals surface area contributed by atoms with Crippen molar-refractivity contribution < 1.29 is 18.0 Å². The zero-order valence-electron chi connectivity index (χ0n) is 10.7. The van der Waals surface area contributed by atoms with Crippen molar-refractivity contribution >= 4 is 27.4 Å². The molecule has 0 spiro atoms. The van der Waals surface area contributed by atoms with E-state index in [1.54, 1.807) is 12.1 Å². The highest BCUT2D eigenvalue weighted by molar-refractivity contribution is 7.89. The summed E-state index contributed by atoms with van der Waals surface area (Å²) in [6.07, 6.45) is 1.11. The molecule has 1 atom stereocenters. The lowest BCUT2D eigenvalue weighted by molar-refractivity contribution is -0.117. The summed E-state index contributed by atoms with van der Waals surface area (Å²) in [4.78, 5) is 25.0. The average Bonchev–Trinajstić information content (AvgIpc) is 2.93. The zero-order chi connectivity index (χ0) is 14.5. The van der Waals surface area contributed by atoms with Crippen LogP contribution >= 0.6 is 0 Å². The minimum absolute atomic E-state index is 0.0463. The van der Waals surface area contributed by atoms with Crippen LogP contribution in [0.15, 0.2) is 18.2 Å². The number of nitrogens with zero attached hydrogens (tertiary/aromatic N) is 1. The summed E-state index contributed by atoms with van der Waals surface area (Å²) >= 11 is 0. The summed E-state index contributed by atoms with van der Waals surface area (Å²) in [7, 11) is -3.73. The molecule has 1 aromatic rings. The maximum absolute atomic E-state index is 11.9. The van der Waals surface area contributed by atoms with Crippen molar-refractivity contribution in [2.24, 2.45) is 5.14 Å². The fourth-order valence-electron chi connectivity index (χ4n) is 2.74. The van der Waals surface area contributed by atoms with Gasteiger partial charge in [-0.1, -0.05) is 6.07 Å². The van der Waals surface area contributed by atoms with Gasteiger partial charge < -0.3 is 4.90 Å². The van der Waals surface area contributed by atoms with E-state index in [1.165, 1.54) is 4.90 Å². The van der Waals surface area contributed by atoms with E-state index in [-0.39, 0.29) is 24.7 Å². The molecule has 1 heterocycles. The van der Waals surface area contributed by atoms with Crippen molar-refractivity contribution in [3.8, 4) is 0 Å². The molecule has 0 aromatic heterocycles. The second kappa shape index (κ2) is 4.39. The topological polar surface area (TPSA) is 97.5 Å². The Hall–Kier alpha value is -1.73. The van der Waals surface area contributed by atoms with Crippen LogP contribution in [0.25, 0.3) is 0 Å². The molecule has 2 N–H and O–H groups in total. The number of carbonyl (C=O) groups is 2. The number of aryl methyl sites for hydroxylation is 1. The molecule has 1 aromatic carbocycles. The number of primary sulfonamides is 1. The number of anilines is 1. The van der Waals surface area contributed by atoms with E-state index >= 15 is 0 Å². The lowest BCUT2D eigenvalue weighted by Gasteiger charge is -2.17. The van der Waals surface area contributed by atoms with E-state index in [9.17, 15) is 18.0 Å². The number of ketones is 1. The third-order valence-electron chi connectivity index (χ3n) is 3.88. The largest absolute Gasteiger partial charge is 0.311 e. The van der Waals surface area contributed by atoms with E-state index in [0.717, 1.165) is 12.0 Å². The molecule has 1 fully saturated rings. The number of carbonyl (C=O) groups excluding carboxylic acids is 2. The Bertz CT molecular complexity index is 711. The van der Waals surface area contributed by atoms with E-state index in [4.69, 9.17) is 5.14 Å². The predicted octanol–water partition coefficient (Wildman–Crippen LogP) is 0.209. The number of rotatable bonds is 2. The van der Waals surface area contributed by atoms with Gasteiger partial charge in [0.2, 0.25) is 15.9 Å². The number of nitrogens with two attached hydrogens (primary N) is 1. The van der Waals surface area contributed by atoms with Crippen LogP contribution in [0.2, 0.25) is 0 Å². The molecule has 1 aliphatic carbocycles. The molecule has 1 amide bonds. The first kappa shape index (κ1) is 13.3. The number of benzene rings is 1. The summed E-state index contributed by atoms with van der Waals surface area (Å²) < 4.78 is 22.7. The molecular weight excluding hydrogens is 280 g/mol. The van der Waals surface area contributed by atoms with Gasteiger partial charge in [-0.25, -0.2) is 13.6 Å². The van der Waals surface area contributed by atoms with E-state index in [0.29, 0.717) is 17.7 Å². The Labute approximate surface area is 116 Å². The van der Waals surface area contributed by atoms with Gasteiger partial charge in [-0.15, -0.1) is 0 Å². The summed E-state index contributed by atoms with van der Waals surface area (Å²) in [5.74, 6) is -0.217. The monoisotopic (exact) mass is 294 g/mol. The summed E-state index contributed by atoms with van der Waals surface area (Å²) in [5, 5.41) is 4.22. The number of hydrogen-bond donors (Lipinski definition) is 1. The van der Waals surface area contributed by atoms with Crippen molar-refractivity contribution in [1.82, 2.24) is 0 Å². The van der Waals surface area contributed by atoms with Crippen LogP contribution < -0.4 is 10.0 Å². The third-order valence-corrected chi connectivity index (χ3v) is 5.13. The Balaban J connectivity index is 1.93. The molecule has 20 heavy (non-hydrogen) atoms. The van der Waals surface area contributed by atoms with Gasteiger partial charge in [0.15, 0.2) is 5.78 Å². The molecule has 7 heteroatoms. The van der Waals surface area contributed by atoms with Gasteiger partial charge in [0.05, 0.1) is 0 Å². The molecule has 106 valence electrons. The van der Waals surface area contributed by atoms with Crippen molar-refractivity contribution in [2.75, 3.05) is 11.4 Å². The molecule has 0 radical (unpaired) electrons. The molecule has 1 unspecified atom stereocenters. The fraction of sp³-hybridized carbons (Fsp3) is 0.385. The Morgan fingerprint density at radius 2 is 1.95 bits per heavy atom. The number of Topliss-reactive ketones (excluding diaryl/α,β-unsaturated/α-hetero) is 1. The third kappa shape index (κ3) is 2.12. The van der Waals surface area contributed by atoms with Gasteiger partial charge in [0.1, 0.15) is 5.25 Å². The van der Waals surface area contributed by atoms with Crippen molar-refractivity contribution in [2.45, 2.75) is 24.5 Å². The van der Waals surface area contributed by atoms with E-state index < -0.39 is 15.3 Å². The van der Waals surface area contributed by atoms with Crippen LogP contribution in [0.1, 0.15) is 28.8 Å². The van der Waals surface area contributed by atoms with Gasteiger partial charge in [0.25, 0.3) is 0 Å². The Morgan fingerprint density at radius 3 is 2.60 bits per heavy atom. The Morgan fingerprint density at radius 1 is 1.20 bits per heavy atom. The summed E-state index contributed by atoms with van der Waals surface area (Å²) in [6.45, 7) is 0.0463. The SMILES string of the molecule is NS(=O)(=O)C1CC(=O)N(c2ccc3c(c2)C(=O)CC3)C1. The normalized spacial score (nSPS) is 22.4. The molecule has 1 saturated heterocycles. The van der Waals surface area contributed by atoms with Crippen LogP contribution in [0.3, 0.4) is 0 Å². The second-order valence-electron chi connectivity index (χ2n) is 5.18. The highest BCUT2D eigenvalue weighted by Gasteiger charge is 2.37. The van der Waals surface area contributed by atoms with Crippen LogP contribution in [0, 0.1) is 0 Å². The number of sulfonamides is 1. The molecule has 2 aliphatic rings. The van der Waals surface area contributed by atoms with Gasteiger partial charge in [-0.2, -0.15) is 0 Å². The minimum atomic E-state index is -3.73. The maximum atomic E-state index is 11.9. The standard InChI is InChI=1S/C13H14N2O4S/c14-20(18,19)10-6-13(17)15(7-10)9-3-1-8-2-4-12(16)11(8)5-9/h1,3,5,10H,2,4,6-7H2,(H2,14,18,19). The predicted molar refractivity (Wildman–Crippen MR) is 73.0 cm³/mol. The number of hydrogen-bond acceptors (Lipinski definition) is 4. The first-order valence-electron chi connectivity index (χ1n) is 6.34. The van der Waals surface area contributed by atoms with Crippen LogP contribution in [0.5, 0.6) is 0 Å². The van der Waals surface area contributed by atoms with Gasteiger partial charge in [-0.3, -0.25) is 9.59 Å². The Kier molecular flexibility index (Phi) is 2.91. The van der Waals surface area contributed by atoms with Gasteiger partial charge >= 0.3 is 0 Å². The smallest absolute Gasteiger partial charge is 0.228 e. The minimum Gasteiger partial charge on any atom is -0.311 e. The first-order chi connectivity index (χ1) is 9.36. The number of fused-ring (bicyclic) bond motifs is 1. The van der Waals surface area contributed by atoms with E-state index in [2.05, 4.69) is 0 Å². The fourth-order valence-corrected chi connectivity index (χ4v) is 3.47. The van der Waals surface area contributed by atoms with Crippen LogP contribution in [-0.2, 0) is 21.2 Å².